The molecule has 0 unspecified atom stereocenters. The van der Waals surface area contributed by atoms with E-state index in [9.17, 15) is 14.4 Å². The van der Waals surface area contributed by atoms with Crippen LogP contribution in [-0.4, -0.2) is 21.6 Å². The molecule has 1 rings (SSSR count). The molecule has 112 valence electrons. The summed E-state index contributed by atoms with van der Waals surface area (Å²) in [6.45, 7) is 2.73. The second-order valence-corrected chi connectivity index (χ2v) is 4.56. The average molecular weight is 283 g/mol. The fraction of sp³-hybridized carbons (Fsp3) is 0.583. The smallest absolute Gasteiger partial charge is 0.332 e. The number of carbonyl (C=O) groups excluding carboxylic acids is 1. The molecule has 1 amide bonds. The number of aromatic nitrogens is 2. The average Bonchev–Trinajstić information content (AvgIpc) is 2.40. The third-order valence-corrected chi connectivity index (χ3v) is 2.93. The lowest BCUT2D eigenvalue weighted by Crippen LogP contribution is -2.40. The maximum Gasteiger partial charge on any atom is 0.332 e. The van der Waals surface area contributed by atoms with E-state index in [-0.39, 0.29) is 17.9 Å². The molecule has 0 spiro atoms. The van der Waals surface area contributed by atoms with Gasteiger partial charge in [-0.15, -0.1) is 0 Å². The molecule has 0 saturated heterocycles. The van der Waals surface area contributed by atoms with Crippen molar-refractivity contribution in [2.75, 3.05) is 17.6 Å². The van der Waals surface area contributed by atoms with Crippen LogP contribution in [0.1, 0.15) is 26.2 Å². The molecule has 0 aliphatic heterocycles. The second-order valence-electron chi connectivity index (χ2n) is 4.56. The number of hydrogen-bond donors (Lipinski definition) is 3. The maximum atomic E-state index is 12.0. The van der Waals surface area contributed by atoms with Crippen LogP contribution < -0.4 is 28.0 Å². The predicted octanol–water partition coefficient (Wildman–Crippen LogP) is -0.783. The van der Waals surface area contributed by atoms with Crippen molar-refractivity contribution in [1.82, 2.24) is 9.13 Å². The normalized spacial score (nSPS) is 10.5. The van der Waals surface area contributed by atoms with Gasteiger partial charge in [0, 0.05) is 26.6 Å². The SMILES string of the molecule is CCCn1c(N)c(NCCCC(N)=O)c(=O)n(C)c1=O. The summed E-state index contributed by atoms with van der Waals surface area (Å²) in [5.41, 5.74) is 10.2. The Balaban J connectivity index is 3.04. The summed E-state index contributed by atoms with van der Waals surface area (Å²) in [6, 6.07) is 0. The number of primary amides is 1. The van der Waals surface area contributed by atoms with Crippen molar-refractivity contribution in [3.8, 4) is 0 Å². The summed E-state index contributed by atoms with van der Waals surface area (Å²) >= 11 is 0. The molecule has 1 heterocycles. The van der Waals surface area contributed by atoms with Gasteiger partial charge in [0.05, 0.1) is 0 Å². The monoisotopic (exact) mass is 283 g/mol. The lowest BCUT2D eigenvalue weighted by atomic mass is 10.3. The Kier molecular flexibility index (Phi) is 5.36. The van der Waals surface area contributed by atoms with E-state index in [1.165, 1.54) is 11.6 Å². The number of carbonyl (C=O) groups is 1. The third-order valence-electron chi connectivity index (χ3n) is 2.93. The lowest BCUT2D eigenvalue weighted by molar-refractivity contribution is -0.118. The topological polar surface area (TPSA) is 125 Å². The summed E-state index contributed by atoms with van der Waals surface area (Å²) in [5, 5.41) is 2.88. The first kappa shape index (κ1) is 15.8. The van der Waals surface area contributed by atoms with Crippen molar-refractivity contribution >= 4 is 17.4 Å². The zero-order valence-electron chi connectivity index (χ0n) is 11.8. The van der Waals surface area contributed by atoms with Gasteiger partial charge >= 0.3 is 5.69 Å². The second kappa shape index (κ2) is 6.78. The van der Waals surface area contributed by atoms with Gasteiger partial charge in [0.1, 0.15) is 11.5 Å². The number of nitrogen functional groups attached to an aromatic ring is 1. The number of nitrogens with one attached hydrogen (secondary N) is 1. The summed E-state index contributed by atoms with van der Waals surface area (Å²) in [5.74, 6) is -0.275. The summed E-state index contributed by atoms with van der Waals surface area (Å²) in [7, 11) is 1.41. The molecule has 1 aromatic heterocycles. The minimum Gasteiger partial charge on any atom is -0.383 e. The lowest BCUT2D eigenvalue weighted by Gasteiger charge is -2.15. The molecule has 0 saturated carbocycles. The van der Waals surface area contributed by atoms with Crippen LogP contribution in [0.4, 0.5) is 11.5 Å². The summed E-state index contributed by atoms with van der Waals surface area (Å²) in [4.78, 5) is 34.6. The van der Waals surface area contributed by atoms with E-state index in [0.29, 0.717) is 19.5 Å². The quantitative estimate of drug-likeness (QED) is 0.566. The molecule has 0 aromatic carbocycles. The largest absolute Gasteiger partial charge is 0.383 e. The van der Waals surface area contributed by atoms with Crippen molar-refractivity contribution < 1.29 is 4.79 Å². The fourth-order valence-electron chi connectivity index (χ4n) is 1.87. The van der Waals surface area contributed by atoms with Crippen LogP contribution in [0, 0.1) is 0 Å². The van der Waals surface area contributed by atoms with Gasteiger partial charge in [-0.3, -0.25) is 18.7 Å². The van der Waals surface area contributed by atoms with Crippen molar-refractivity contribution in [1.29, 1.82) is 0 Å². The highest BCUT2D eigenvalue weighted by molar-refractivity contribution is 5.73. The Hall–Kier alpha value is -2.25. The molecule has 0 radical (unpaired) electrons. The van der Waals surface area contributed by atoms with Crippen LogP contribution in [0.5, 0.6) is 0 Å². The molecule has 0 aliphatic rings. The van der Waals surface area contributed by atoms with Gasteiger partial charge in [-0.05, 0) is 12.8 Å². The van der Waals surface area contributed by atoms with E-state index < -0.39 is 17.2 Å². The number of nitrogens with zero attached hydrogens (tertiary/aromatic N) is 2. The van der Waals surface area contributed by atoms with Gasteiger partial charge in [-0.2, -0.15) is 0 Å². The number of amides is 1. The van der Waals surface area contributed by atoms with E-state index in [0.717, 1.165) is 11.0 Å². The molecular formula is C12H21N5O3. The number of anilines is 2. The van der Waals surface area contributed by atoms with E-state index in [4.69, 9.17) is 11.5 Å². The van der Waals surface area contributed by atoms with E-state index in [2.05, 4.69) is 5.32 Å². The first-order chi connectivity index (χ1) is 9.40. The first-order valence-electron chi connectivity index (χ1n) is 6.51. The van der Waals surface area contributed by atoms with Crippen molar-refractivity contribution in [2.24, 2.45) is 12.8 Å². The van der Waals surface area contributed by atoms with Crippen LogP contribution in [0.2, 0.25) is 0 Å². The third kappa shape index (κ3) is 3.40. The Morgan fingerprint density at radius 2 is 2.00 bits per heavy atom. The van der Waals surface area contributed by atoms with Crippen LogP contribution in [0.25, 0.3) is 0 Å². The number of rotatable bonds is 7. The predicted molar refractivity (Wildman–Crippen MR) is 77.6 cm³/mol. The molecule has 0 atom stereocenters. The van der Waals surface area contributed by atoms with E-state index in [1.807, 2.05) is 6.92 Å². The molecule has 0 bridgehead atoms. The van der Waals surface area contributed by atoms with Gasteiger partial charge < -0.3 is 16.8 Å². The molecule has 0 fully saturated rings. The van der Waals surface area contributed by atoms with Crippen molar-refractivity contribution in [3.63, 3.8) is 0 Å². The summed E-state index contributed by atoms with van der Waals surface area (Å²) < 4.78 is 2.38. The van der Waals surface area contributed by atoms with Crippen LogP contribution in [-0.2, 0) is 18.4 Å². The van der Waals surface area contributed by atoms with Crippen LogP contribution >= 0.6 is 0 Å². The minimum absolute atomic E-state index is 0.124. The fourth-order valence-corrected chi connectivity index (χ4v) is 1.87. The number of nitrogens with two attached hydrogens (primary N) is 2. The highest BCUT2D eigenvalue weighted by atomic mass is 16.2. The zero-order chi connectivity index (χ0) is 15.3. The Bertz CT molecular complexity index is 602. The van der Waals surface area contributed by atoms with Crippen molar-refractivity contribution in [3.05, 3.63) is 20.8 Å². The van der Waals surface area contributed by atoms with E-state index >= 15 is 0 Å². The van der Waals surface area contributed by atoms with Gasteiger partial charge in [0.25, 0.3) is 5.56 Å². The Morgan fingerprint density at radius 1 is 1.35 bits per heavy atom. The number of hydrogen-bond acceptors (Lipinski definition) is 5. The minimum atomic E-state index is -0.473. The molecule has 0 aliphatic carbocycles. The molecule has 1 aromatic rings. The summed E-state index contributed by atoms with van der Waals surface area (Å²) in [6.07, 6.45) is 1.44. The standard InChI is InChI=1S/C12H21N5O3/c1-3-7-17-10(14)9(11(19)16(2)12(17)20)15-6-4-5-8(13)18/h15H,3-7,14H2,1-2H3,(H2,13,18). The Morgan fingerprint density at radius 3 is 2.55 bits per heavy atom. The maximum absolute atomic E-state index is 12.0. The Labute approximate surface area is 116 Å². The molecular weight excluding hydrogens is 262 g/mol. The molecule has 20 heavy (non-hydrogen) atoms. The molecule has 8 heteroatoms. The van der Waals surface area contributed by atoms with Crippen LogP contribution in [0.15, 0.2) is 9.59 Å². The van der Waals surface area contributed by atoms with Gasteiger partial charge in [-0.25, -0.2) is 4.79 Å². The molecule has 5 N–H and O–H groups in total. The zero-order valence-corrected chi connectivity index (χ0v) is 11.8. The van der Waals surface area contributed by atoms with Crippen LogP contribution in [0.3, 0.4) is 0 Å². The van der Waals surface area contributed by atoms with Gasteiger partial charge in [0.2, 0.25) is 5.91 Å². The highest BCUT2D eigenvalue weighted by Gasteiger charge is 2.14. The van der Waals surface area contributed by atoms with Gasteiger partial charge in [-0.1, -0.05) is 6.92 Å². The first-order valence-corrected chi connectivity index (χ1v) is 6.51. The molecule has 8 nitrogen and oxygen atoms in total. The highest BCUT2D eigenvalue weighted by Crippen LogP contribution is 2.11. The van der Waals surface area contributed by atoms with Gasteiger partial charge in [0.15, 0.2) is 0 Å². The van der Waals surface area contributed by atoms with Crippen molar-refractivity contribution in [2.45, 2.75) is 32.7 Å². The van der Waals surface area contributed by atoms with E-state index in [1.54, 1.807) is 0 Å².